The molecule has 1 aromatic carbocycles. The van der Waals surface area contributed by atoms with Crippen LogP contribution in [-0.4, -0.2) is 53.3 Å². The Morgan fingerprint density at radius 1 is 0.976 bits per heavy atom. The van der Waals surface area contributed by atoms with Gasteiger partial charge >= 0.3 is 12.5 Å². The molecule has 14 heteroatoms. The number of imidazole rings is 1. The van der Waals surface area contributed by atoms with E-state index < -0.39 is 41.2 Å². The fourth-order valence-electron chi connectivity index (χ4n) is 4.69. The van der Waals surface area contributed by atoms with Crippen molar-refractivity contribution in [3.05, 3.63) is 65.1 Å². The summed E-state index contributed by atoms with van der Waals surface area (Å²) < 4.78 is 109. The molecule has 0 saturated heterocycles. The van der Waals surface area contributed by atoms with Crippen molar-refractivity contribution in [3.63, 3.8) is 0 Å². The molecule has 0 amide bonds. The predicted octanol–water partition coefficient (Wildman–Crippen LogP) is 6.51. The molecule has 228 valence electrons. The van der Waals surface area contributed by atoms with Gasteiger partial charge in [0.2, 0.25) is 0 Å². The van der Waals surface area contributed by atoms with Gasteiger partial charge in [-0.3, -0.25) is 9.11 Å². The number of ether oxygens (including phenoxy) is 1. The molecule has 0 spiro atoms. The van der Waals surface area contributed by atoms with Crippen LogP contribution in [0.5, 0.6) is 5.75 Å². The monoisotopic (exact) mass is 607 g/mol. The Labute approximate surface area is 237 Å². The van der Waals surface area contributed by atoms with Crippen LogP contribution in [-0.2, 0) is 24.0 Å². The Kier molecular flexibility index (Phi) is 10.5. The van der Waals surface area contributed by atoms with Crippen molar-refractivity contribution in [2.45, 2.75) is 59.7 Å². The van der Waals surface area contributed by atoms with Crippen molar-refractivity contribution in [2.24, 2.45) is 11.8 Å². The van der Waals surface area contributed by atoms with Gasteiger partial charge in [-0.25, -0.2) is 9.29 Å². The Morgan fingerprint density at radius 2 is 1.56 bits per heavy atom. The predicted molar refractivity (Wildman–Crippen MR) is 141 cm³/mol. The molecule has 0 saturated carbocycles. The summed E-state index contributed by atoms with van der Waals surface area (Å²) in [5.74, 6) is -0.0805. The smallest absolute Gasteiger partial charge is 0.573 e. The maximum atomic E-state index is 13.4. The van der Waals surface area contributed by atoms with E-state index in [0.717, 1.165) is 28.6 Å². The summed E-state index contributed by atoms with van der Waals surface area (Å²) in [4.78, 5) is 6.64. The average molecular weight is 608 g/mol. The van der Waals surface area contributed by atoms with Crippen LogP contribution >= 0.6 is 0 Å². The topological polar surface area (TPSA) is 73.1 Å². The highest BCUT2D eigenvalue weighted by molar-refractivity contribution is 7.76. The first-order valence-electron chi connectivity index (χ1n) is 12.9. The number of halogens is 6. The minimum absolute atomic E-state index is 0.0846. The molecule has 0 N–H and O–H groups in total. The number of pyridine rings is 1. The maximum absolute atomic E-state index is 13.4. The summed E-state index contributed by atoms with van der Waals surface area (Å²) in [5.41, 5.74) is 0.667. The van der Waals surface area contributed by atoms with E-state index in [9.17, 15) is 35.1 Å². The quantitative estimate of drug-likeness (QED) is 0.173. The lowest BCUT2D eigenvalue weighted by molar-refractivity contribution is -0.274. The van der Waals surface area contributed by atoms with Crippen LogP contribution in [0.3, 0.4) is 0 Å². The number of nitrogens with zero attached hydrogens (tertiary/aromatic N) is 4. The van der Waals surface area contributed by atoms with Gasteiger partial charge in [0.1, 0.15) is 11.4 Å². The van der Waals surface area contributed by atoms with Crippen molar-refractivity contribution in [1.82, 2.24) is 18.6 Å². The summed E-state index contributed by atoms with van der Waals surface area (Å²) in [6.07, 6.45) is -8.12. The highest BCUT2D eigenvalue weighted by Gasteiger charge is 2.33. The lowest BCUT2D eigenvalue weighted by atomic mass is 10.0. The minimum atomic E-state index is -4.86. The van der Waals surface area contributed by atoms with Gasteiger partial charge < -0.3 is 13.7 Å². The summed E-state index contributed by atoms with van der Waals surface area (Å²) >= 11 is -2.74. The first-order valence-corrected chi connectivity index (χ1v) is 14.0. The summed E-state index contributed by atoms with van der Waals surface area (Å²) in [5, 5.41) is 0. The molecular formula is C27H33F6N4O3S-. The molecule has 0 aliphatic heterocycles. The maximum Gasteiger partial charge on any atom is 0.573 e. The largest absolute Gasteiger partial charge is 0.760 e. The van der Waals surface area contributed by atoms with Crippen LogP contribution in [0.2, 0.25) is 0 Å². The highest BCUT2D eigenvalue weighted by Crippen LogP contribution is 2.33. The van der Waals surface area contributed by atoms with Gasteiger partial charge in [-0.05, 0) is 48.6 Å². The number of alkyl halides is 6. The number of hydrogen-bond acceptors (Lipinski definition) is 5. The molecular weight excluding hydrogens is 574 g/mol. The third-order valence-electron chi connectivity index (χ3n) is 6.29. The molecule has 0 aliphatic rings. The Hall–Kier alpha value is -2.68. The fraction of sp³-hybridized carbons (Fsp3) is 0.519. The van der Waals surface area contributed by atoms with Crippen molar-refractivity contribution < 1.29 is 39.8 Å². The van der Waals surface area contributed by atoms with E-state index >= 15 is 0 Å². The van der Waals surface area contributed by atoms with E-state index in [0.29, 0.717) is 30.0 Å². The second-order valence-corrected chi connectivity index (χ2v) is 11.7. The zero-order valence-electron chi connectivity index (χ0n) is 23.3. The molecule has 0 bridgehead atoms. The first-order chi connectivity index (χ1) is 18.9. The van der Waals surface area contributed by atoms with Gasteiger partial charge in [0, 0.05) is 49.3 Å². The third-order valence-corrected chi connectivity index (χ3v) is 6.99. The van der Waals surface area contributed by atoms with E-state index in [1.165, 1.54) is 18.3 Å². The average Bonchev–Trinajstić information content (AvgIpc) is 3.15. The molecule has 0 radical (unpaired) electrons. The molecule has 41 heavy (non-hydrogen) atoms. The van der Waals surface area contributed by atoms with Crippen molar-refractivity contribution in [1.29, 1.82) is 0 Å². The zero-order valence-corrected chi connectivity index (χ0v) is 24.1. The third kappa shape index (κ3) is 9.15. The number of aromatic nitrogens is 2. The second-order valence-electron chi connectivity index (χ2n) is 10.7. The van der Waals surface area contributed by atoms with Crippen LogP contribution in [0.25, 0.3) is 5.65 Å². The van der Waals surface area contributed by atoms with Gasteiger partial charge in [0.25, 0.3) is 0 Å². The Balaban J connectivity index is 2.03. The van der Waals surface area contributed by atoms with Crippen molar-refractivity contribution in [2.75, 3.05) is 19.6 Å². The van der Waals surface area contributed by atoms with Gasteiger partial charge in [0.15, 0.2) is 0 Å². The number of rotatable bonds is 12. The normalized spacial score (nSPS) is 14.5. The minimum Gasteiger partial charge on any atom is -0.760 e. The molecule has 3 aromatic rings. The van der Waals surface area contributed by atoms with E-state index in [-0.39, 0.29) is 30.6 Å². The van der Waals surface area contributed by atoms with Crippen LogP contribution < -0.4 is 4.74 Å². The number of hydrogen-bond donors (Lipinski definition) is 0. The lowest BCUT2D eigenvalue weighted by Crippen LogP contribution is -2.42. The van der Waals surface area contributed by atoms with Crippen LogP contribution in [0.1, 0.15) is 56.3 Å². The van der Waals surface area contributed by atoms with Gasteiger partial charge in [-0.2, -0.15) is 13.2 Å². The van der Waals surface area contributed by atoms with E-state index in [1.807, 2.05) is 27.7 Å². The van der Waals surface area contributed by atoms with Crippen LogP contribution in [0.4, 0.5) is 26.3 Å². The van der Waals surface area contributed by atoms with Crippen LogP contribution in [0.15, 0.2) is 42.6 Å². The second kappa shape index (κ2) is 13.1. The summed E-state index contributed by atoms with van der Waals surface area (Å²) in [6.45, 7) is 10.6. The zero-order chi connectivity index (χ0) is 30.7. The molecule has 2 atom stereocenters. The standard InChI is InChI=1S/C27H34F6N4O3S/c1-17(2)13-35(14-18(3)4)23(25-19(5)37-11-10-21(26(28,29)30)12-24(37)34-25)16-36(41(38)39)15-20-6-8-22(9-7-20)40-27(31,32)33/h6-12,17-18,23H,13-16H2,1-5H3,(H,38,39)/p-1. The molecule has 0 fully saturated rings. The first kappa shape index (κ1) is 32.8. The van der Waals surface area contributed by atoms with Crippen molar-refractivity contribution in [3.8, 4) is 5.75 Å². The molecule has 0 aliphatic carbocycles. The summed E-state index contributed by atoms with van der Waals surface area (Å²) in [6, 6.07) is 6.17. The lowest BCUT2D eigenvalue weighted by Gasteiger charge is -2.37. The number of fused-ring (bicyclic) bond motifs is 1. The van der Waals surface area contributed by atoms with E-state index in [1.54, 1.807) is 11.3 Å². The SMILES string of the molecule is Cc1c(C(CN(Cc2ccc(OC(F)(F)F)cc2)S(=O)[O-])N(CC(C)C)CC(C)C)nc2cc(C(F)(F)F)ccn12. The molecule has 2 heterocycles. The molecule has 3 rings (SSSR count). The Bertz CT molecular complexity index is 1320. The molecule has 7 nitrogen and oxygen atoms in total. The number of aryl methyl sites for hydroxylation is 1. The molecule has 2 unspecified atom stereocenters. The van der Waals surface area contributed by atoms with Crippen molar-refractivity contribution >= 4 is 16.9 Å². The van der Waals surface area contributed by atoms with E-state index in [4.69, 9.17) is 0 Å². The van der Waals surface area contributed by atoms with Crippen LogP contribution in [0, 0.1) is 18.8 Å². The van der Waals surface area contributed by atoms with Gasteiger partial charge in [-0.15, -0.1) is 13.2 Å². The van der Waals surface area contributed by atoms with Gasteiger partial charge in [0.05, 0.1) is 17.3 Å². The Morgan fingerprint density at radius 3 is 2.05 bits per heavy atom. The van der Waals surface area contributed by atoms with Gasteiger partial charge in [-0.1, -0.05) is 39.8 Å². The van der Waals surface area contributed by atoms with E-state index in [2.05, 4.69) is 14.6 Å². The number of benzene rings is 1. The highest BCUT2D eigenvalue weighted by atomic mass is 32.2. The summed E-state index contributed by atoms with van der Waals surface area (Å²) in [7, 11) is 0. The fourth-order valence-corrected chi connectivity index (χ4v) is 5.21. The molecule has 2 aromatic heterocycles.